The Bertz CT molecular complexity index is 1260. The summed E-state index contributed by atoms with van der Waals surface area (Å²) in [5, 5.41) is 13.3. The average molecular weight is 463 g/mol. The van der Waals surface area contributed by atoms with Crippen molar-refractivity contribution in [3.05, 3.63) is 41.8 Å². The Labute approximate surface area is 198 Å². The lowest BCUT2D eigenvalue weighted by atomic mass is 9.77. The number of amides is 1. The number of imidazole rings is 1. The Hall–Kier alpha value is -3.41. The molecule has 3 heterocycles. The molecule has 1 unspecified atom stereocenters. The van der Waals surface area contributed by atoms with Crippen LogP contribution in [0.1, 0.15) is 63.7 Å². The molecule has 9 heteroatoms. The maximum atomic E-state index is 12.9. The van der Waals surface area contributed by atoms with Gasteiger partial charge in [0.25, 0.3) is 0 Å². The summed E-state index contributed by atoms with van der Waals surface area (Å²) >= 11 is 0. The van der Waals surface area contributed by atoms with E-state index >= 15 is 0 Å². The summed E-state index contributed by atoms with van der Waals surface area (Å²) in [6.07, 6.45) is 6.05. The number of hydrogen-bond acceptors (Lipinski definition) is 7. The maximum Gasteiger partial charge on any atom is 0.410 e. The molecule has 1 amide bonds. The summed E-state index contributed by atoms with van der Waals surface area (Å²) in [5.74, 6) is 1.58. The number of benzene rings is 1. The maximum absolute atomic E-state index is 12.9. The van der Waals surface area contributed by atoms with Gasteiger partial charge in [-0.25, -0.2) is 9.78 Å². The van der Waals surface area contributed by atoms with E-state index in [1.165, 1.54) is 0 Å². The highest BCUT2D eigenvalue weighted by atomic mass is 16.6. The van der Waals surface area contributed by atoms with E-state index in [1.54, 1.807) is 11.0 Å². The van der Waals surface area contributed by atoms with Crippen LogP contribution in [0.15, 0.2) is 29.0 Å². The molecule has 1 aromatic carbocycles. The van der Waals surface area contributed by atoms with Gasteiger partial charge in [0.05, 0.1) is 41.0 Å². The molecule has 0 N–H and O–H groups in total. The normalized spacial score (nSPS) is 22.9. The van der Waals surface area contributed by atoms with Crippen LogP contribution in [0, 0.1) is 17.2 Å². The molecule has 2 aromatic heterocycles. The number of ether oxygens (including phenoxy) is 1. The van der Waals surface area contributed by atoms with Crippen LogP contribution >= 0.6 is 0 Å². The molecule has 0 bridgehead atoms. The van der Waals surface area contributed by atoms with Gasteiger partial charge in [-0.2, -0.15) is 10.2 Å². The first-order valence-electron chi connectivity index (χ1n) is 12.0. The lowest BCUT2D eigenvalue weighted by molar-refractivity contribution is 0.00413. The third-order valence-corrected chi connectivity index (χ3v) is 7.10. The molecule has 0 radical (unpaired) electrons. The van der Waals surface area contributed by atoms with Crippen LogP contribution in [0.25, 0.3) is 11.0 Å². The van der Waals surface area contributed by atoms with Gasteiger partial charge >= 0.3 is 6.09 Å². The van der Waals surface area contributed by atoms with E-state index in [2.05, 4.69) is 25.8 Å². The summed E-state index contributed by atoms with van der Waals surface area (Å²) in [4.78, 5) is 23.6. The third-order valence-electron chi connectivity index (χ3n) is 7.10. The van der Waals surface area contributed by atoms with Crippen molar-refractivity contribution in [1.82, 2.24) is 24.6 Å². The molecule has 2 aliphatic rings. The second kappa shape index (κ2) is 8.42. The predicted octanol–water partition coefficient (Wildman–Crippen LogP) is 4.21. The van der Waals surface area contributed by atoms with Crippen LogP contribution in [0.4, 0.5) is 4.79 Å². The first kappa shape index (κ1) is 22.4. The fourth-order valence-electron chi connectivity index (χ4n) is 5.42. The van der Waals surface area contributed by atoms with Gasteiger partial charge in [0, 0.05) is 19.5 Å². The minimum absolute atomic E-state index is 0.268. The molecular weight excluding hydrogens is 432 g/mol. The van der Waals surface area contributed by atoms with Crippen molar-refractivity contribution in [1.29, 1.82) is 5.26 Å². The van der Waals surface area contributed by atoms with Crippen molar-refractivity contribution in [2.24, 2.45) is 5.92 Å². The van der Waals surface area contributed by atoms with E-state index in [9.17, 15) is 10.1 Å². The second-order valence-corrected chi connectivity index (χ2v) is 10.3. The molecule has 1 saturated heterocycles. The first-order chi connectivity index (χ1) is 16.3. The molecule has 1 aliphatic carbocycles. The number of hydrogen-bond donors (Lipinski definition) is 0. The van der Waals surface area contributed by atoms with E-state index in [-0.39, 0.29) is 6.09 Å². The average Bonchev–Trinajstić information content (AvgIpc) is 3.52. The first-order valence-corrected chi connectivity index (χ1v) is 12.0. The number of fused-ring (bicyclic) bond motifs is 1. The molecule has 2 atom stereocenters. The van der Waals surface area contributed by atoms with Gasteiger partial charge in [-0.15, -0.1) is 0 Å². The lowest BCUT2D eigenvalue weighted by Crippen LogP contribution is -2.43. The van der Waals surface area contributed by atoms with E-state index in [0.717, 1.165) is 43.3 Å². The molecule has 3 aromatic rings. The van der Waals surface area contributed by atoms with Crippen LogP contribution in [-0.2, 0) is 23.1 Å². The van der Waals surface area contributed by atoms with Crippen molar-refractivity contribution in [2.45, 2.75) is 70.4 Å². The van der Waals surface area contributed by atoms with E-state index in [1.807, 2.05) is 39.2 Å². The number of carbonyl (C=O) groups is 1. The van der Waals surface area contributed by atoms with Crippen molar-refractivity contribution in [2.75, 3.05) is 13.1 Å². The SMILES string of the molecule is CCc1noc(C(C)(C)CN2CC3(CCC[C@H](Cn4cnc5ccc(C#N)cc54)C3)OC2=O)n1. The number of carbonyl (C=O) groups excluding carboxylic acids is 1. The Morgan fingerprint density at radius 1 is 1.35 bits per heavy atom. The zero-order valence-electron chi connectivity index (χ0n) is 20.0. The molecule has 1 spiro atoms. The summed E-state index contributed by atoms with van der Waals surface area (Å²) in [5.41, 5.74) is 1.56. The summed E-state index contributed by atoms with van der Waals surface area (Å²) in [6, 6.07) is 7.77. The molecule has 1 saturated carbocycles. The highest BCUT2D eigenvalue weighted by Crippen LogP contribution is 2.41. The van der Waals surface area contributed by atoms with Gasteiger partial charge in [-0.05, 0) is 63.6 Å². The van der Waals surface area contributed by atoms with Gasteiger partial charge < -0.3 is 18.7 Å². The van der Waals surface area contributed by atoms with Crippen molar-refractivity contribution < 1.29 is 14.1 Å². The number of aromatic nitrogens is 4. The highest BCUT2D eigenvalue weighted by Gasteiger charge is 2.49. The van der Waals surface area contributed by atoms with Crippen LogP contribution < -0.4 is 0 Å². The fourth-order valence-corrected chi connectivity index (χ4v) is 5.42. The van der Waals surface area contributed by atoms with Crippen LogP contribution in [-0.4, -0.2) is 49.4 Å². The van der Waals surface area contributed by atoms with Crippen LogP contribution in [0.2, 0.25) is 0 Å². The van der Waals surface area contributed by atoms with E-state index in [4.69, 9.17) is 9.26 Å². The predicted molar refractivity (Wildman–Crippen MR) is 124 cm³/mol. The van der Waals surface area contributed by atoms with E-state index < -0.39 is 11.0 Å². The van der Waals surface area contributed by atoms with Crippen molar-refractivity contribution in [3.8, 4) is 6.07 Å². The largest absolute Gasteiger partial charge is 0.441 e. The molecule has 178 valence electrons. The van der Waals surface area contributed by atoms with Gasteiger partial charge in [0.15, 0.2) is 5.82 Å². The quantitative estimate of drug-likeness (QED) is 0.539. The Morgan fingerprint density at radius 2 is 2.21 bits per heavy atom. The van der Waals surface area contributed by atoms with Gasteiger partial charge in [0.2, 0.25) is 5.89 Å². The third kappa shape index (κ3) is 4.13. The molecule has 2 fully saturated rings. The number of nitrogens with zero attached hydrogens (tertiary/aromatic N) is 6. The van der Waals surface area contributed by atoms with Crippen LogP contribution in [0.3, 0.4) is 0 Å². The van der Waals surface area contributed by atoms with E-state index in [0.29, 0.717) is 42.7 Å². The molecule has 34 heavy (non-hydrogen) atoms. The summed E-state index contributed by atoms with van der Waals surface area (Å²) < 4.78 is 13.6. The molecule has 1 aliphatic heterocycles. The molecule has 9 nitrogen and oxygen atoms in total. The molecular formula is C25H30N6O3. The smallest absolute Gasteiger partial charge is 0.410 e. The fraction of sp³-hybridized carbons (Fsp3) is 0.560. The topological polar surface area (TPSA) is 110 Å². The summed E-state index contributed by atoms with van der Waals surface area (Å²) in [6.45, 7) is 7.84. The monoisotopic (exact) mass is 462 g/mol. The highest BCUT2D eigenvalue weighted by molar-refractivity contribution is 5.77. The van der Waals surface area contributed by atoms with Crippen molar-refractivity contribution >= 4 is 17.1 Å². The Morgan fingerprint density at radius 3 is 2.97 bits per heavy atom. The number of nitriles is 1. The second-order valence-electron chi connectivity index (χ2n) is 10.3. The lowest BCUT2D eigenvalue weighted by Gasteiger charge is -2.36. The molecule has 5 rings (SSSR count). The minimum Gasteiger partial charge on any atom is -0.441 e. The minimum atomic E-state index is -0.465. The number of aryl methyl sites for hydroxylation is 1. The summed E-state index contributed by atoms with van der Waals surface area (Å²) in [7, 11) is 0. The Kier molecular flexibility index (Phi) is 5.54. The van der Waals surface area contributed by atoms with Crippen molar-refractivity contribution in [3.63, 3.8) is 0 Å². The van der Waals surface area contributed by atoms with Gasteiger partial charge in [-0.3, -0.25) is 0 Å². The number of rotatable bonds is 6. The zero-order valence-corrected chi connectivity index (χ0v) is 20.0. The Balaban J connectivity index is 1.28. The van der Waals surface area contributed by atoms with Crippen LogP contribution in [0.5, 0.6) is 0 Å². The van der Waals surface area contributed by atoms with Gasteiger partial charge in [-0.1, -0.05) is 12.1 Å². The van der Waals surface area contributed by atoms with Gasteiger partial charge in [0.1, 0.15) is 5.60 Å². The standard InChI is InChI=1S/C25H30N6O3/c1-4-21-28-22(34-29-21)24(2,3)14-31-15-25(33-23(31)32)9-5-6-18(11-25)13-30-16-27-19-8-7-17(12-26)10-20(19)30/h7-8,10,16,18H,4-6,9,11,13-15H2,1-3H3/t18-,25?/m0/s1. The zero-order chi connectivity index (χ0) is 23.9.